The SMILES string of the molecule is Cc1cccc2c(O[C@@H]3C[C@H]4C(=O)N[C@]5(C(=O)O)CC5C=CCCCCC[C@H](NC(=O)OC5CCCC5)C(=O)N4C3)cc(-c3csc(NC(=O)OC(C)C)n3)nc12. The number of carbonyl (C=O) groups is 5. The molecule has 0 bridgehead atoms. The van der Waals surface area contributed by atoms with Gasteiger partial charge in [-0.05, 0) is 83.8 Å². The van der Waals surface area contributed by atoms with Crippen molar-refractivity contribution >= 4 is 57.3 Å². The average Bonchev–Trinajstić information content (AvgIpc) is 3.59. The Morgan fingerprint density at radius 3 is 2.58 bits per heavy atom. The Morgan fingerprint density at radius 1 is 1.02 bits per heavy atom. The number of pyridine rings is 1. The smallest absolute Gasteiger partial charge is 0.413 e. The number of nitrogens with zero attached hydrogens (tertiary/aromatic N) is 3. The summed E-state index contributed by atoms with van der Waals surface area (Å²) in [6.45, 7) is 5.44. The zero-order valence-electron chi connectivity index (χ0n) is 32.5. The number of amides is 4. The summed E-state index contributed by atoms with van der Waals surface area (Å²) in [6, 6.07) is 5.41. The topological polar surface area (TPSA) is 198 Å². The van der Waals surface area contributed by atoms with Crippen LogP contribution < -0.4 is 20.7 Å². The van der Waals surface area contributed by atoms with E-state index in [0.717, 1.165) is 50.5 Å². The summed E-state index contributed by atoms with van der Waals surface area (Å²) in [5, 5.41) is 21.3. The number of benzene rings is 1. The van der Waals surface area contributed by atoms with Crippen LogP contribution in [0.4, 0.5) is 14.7 Å². The van der Waals surface area contributed by atoms with Gasteiger partial charge in [0.1, 0.15) is 41.3 Å². The molecule has 57 heavy (non-hydrogen) atoms. The van der Waals surface area contributed by atoms with E-state index in [4.69, 9.17) is 19.2 Å². The number of para-hydroxylation sites is 1. The minimum absolute atomic E-state index is 0.00384. The number of hydrogen-bond donors (Lipinski definition) is 4. The number of alkyl carbamates (subject to hydrolysis) is 1. The molecule has 16 heteroatoms. The van der Waals surface area contributed by atoms with Crippen molar-refractivity contribution in [3.63, 3.8) is 0 Å². The molecule has 2 aromatic heterocycles. The van der Waals surface area contributed by atoms with Crippen LogP contribution in [0.5, 0.6) is 5.75 Å². The summed E-state index contributed by atoms with van der Waals surface area (Å²) < 4.78 is 17.6. The lowest BCUT2D eigenvalue weighted by Crippen LogP contribution is -2.56. The number of hydrogen-bond acceptors (Lipinski definition) is 11. The molecule has 7 rings (SSSR count). The van der Waals surface area contributed by atoms with E-state index in [1.165, 1.54) is 16.2 Å². The van der Waals surface area contributed by atoms with Gasteiger partial charge < -0.3 is 34.9 Å². The predicted molar refractivity (Wildman–Crippen MR) is 212 cm³/mol. The van der Waals surface area contributed by atoms with Crippen molar-refractivity contribution in [3.8, 4) is 17.1 Å². The summed E-state index contributed by atoms with van der Waals surface area (Å²) >= 11 is 1.22. The number of anilines is 1. The fourth-order valence-corrected chi connectivity index (χ4v) is 8.72. The third kappa shape index (κ3) is 9.16. The van der Waals surface area contributed by atoms with Crippen molar-refractivity contribution in [2.45, 2.75) is 127 Å². The van der Waals surface area contributed by atoms with Gasteiger partial charge in [0.25, 0.3) is 0 Å². The molecule has 0 spiro atoms. The molecule has 1 saturated heterocycles. The number of aromatic nitrogens is 2. The van der Waals surface area contributed by atoms with Gasteiger partial charge in [0.2, 0.25) is 11.8 Å². The van der Waals surface area contributed by atoms with E-state index in [2.05, 4.69) is 20.9 Å². The Bertz CT molecular complexity index is 2050. The van der Waals surface area contributed by atoms with Crippen molar-refractivity contribution in [2.75, 3.05) is 11.9 Å². The molecule has 15 nitrogen and oxygen atoms in total. The highest BCUT2D eigenvalue weighted by Gasteiger charge is 2.61. The van der Waals surface area contributed by atoms with E-state index in [1.807, 2.05) is 37.3 Å². The Hall–Kier alpha value is -5.25. The molecule has 3 fully saturated rings. The molecular formula is C41H50N6O9S. The monoisotopic (exact) mass is 802 g/mol. The fourth-order valence-electron chi connectivity index (χ4n) is 8.03. The summed E-state index contributed by atoms with van der Waals surface area (Å²) in [7, 11) is 0. The number of carbonyl (C=O) groups excluding carboxylic acids is 4. The van der Waals surface area contributed by atoms with Crippen molar-refractivity contribution in [1.29, 1.82) is 0 Å². The Balaban J connectivity index is 1.18. The zero-order chi connectivity index (χ0) is 40.3. The number of fused-ring (bicyclic) bond motifs is 3. The first kappa shape index (κ1) is 40.0. The molecule has 1 unspecified atom stereocenters. The van der Waals surface area contributed by atoms with Gasteiger partial charge in [-0.25, -0.2) is 24.4 Å². The van der Waals surface area contributed by atoms with Crippen LogP contribution in [0.25, 0.3) is 22.3 Å². The summed E-state index contributed by atoms with van der Waals surface area (Å²) in [5.74, 6) is -2.09. The van der Waals surface area contributed by atoms with Crippen LogP contribution in [-0.2, 0) is 23.9 Å². The number of nitrogens with one attached hydrogen (secondary N) is 3. The Kier molecular flexibility index (Phi) is 12.0. The van der Waals surface area contributed by atoms with Crippen molar-refractivity contribution < 1.29 is 43.3 Å². The predicted octanol–water partition coefficient (Wildman–Crippen LogP) is 6.49. The van der Waals surface area contributed by atoms with Crippen LogP contribution in [0.1, 0.15) is 90.0 Å². The second kappa shape index (κ2) is 17.1. The van der Waals surface area contributed by atoms with Crippen molar-refractivity contribution in [1.82, 2.24) is 25.5 Å². The lowest BCUT2D eigenvalue weighted by Gasteiger charge is -2.29. The van der Waals surface area contributed by atoms with E-state index in [0.29, 0.717) is 46.0 Å². The first-order chi connectivity index (χ1) is 27.4. The second-order valence-electron chi connectivity index (χ2n) is 15.7. The van der Waals surface area contributed by atoms with Crippen LogP contribution in [0.15, 0.2) is 41.8 Å². The molecule has 4 amide bonds. The summed E-state index contributed by atoms with van der Waals surface area (Å²) in [4.78, 5) is 77.6. The van der Waals surface area contributed by atoms with Gasteiger partial charge in [0, 0.05) is 29.2 Å². The maximum atomic E-state index is 14.6. The normalized spacial score (nSPS) is 25.5. The molecule has 4 heterocycles. The standard InChI is InChI=1S/C41H50N6O9S/c1-23(2)54-40(53)45-38-43-31(22-57-38)30-19-33(28-16-11-12-24(3)34(28)42-30)55-27-18-32-35(48)46-41(37(50)51)20-25(41)13-7-5-4-6-8-17-29(36(49)47(32)21-27)44-39(52)56-26-14-9-10-15-26/h7,11-13,16,19,22-23,25-27,29,32H,4-6,8-10,14-15,17-18,20-21H2,1-3H3,(H,44,52)(H,46,48)(H,50,51)(H,43,45,53)/t25?,27-,29+,32+,41-/m1/s1. The van der Waals surface area contributed by atoms with Gasteiger partial charge in [0.15, 0.2) is 5.13 Å². The number of ether oxygens (including phenoxy) is 3. The van der Waals surface area contributed by atoms with E-state index in [1.54, 1.807) is 25.3 Å². The molecule has 5 atom stereocenters. The van der Waals surface area contributed by atoms with E-state index in [-0.39, 0.29) is 37.5 Å². The second-order valence-corrected chi connectivity index (χ2v) is 16.6. The third-order valence-electron chi connectivity index (χ3n) is 11.1. The summed E-state index contributed by atoms with van der Waals surface area (Å²) in [5.41, 5.74) is 1.05. The van der Waals surface area contributed by atoms with E-state index >= 15 is 0 Å². The molecular weight excluding hydrogens is 753 g/mol. The third-order valence-corrected chi connectivity index (χ3v) is 11.9. The van der Waals surface area contributed by atoms with Crippen LogP contribution in [-0.4, -0.2) is 92.4 Å². The molecule has 1 aromatic carbocycles. The molecule has 2 aliphatic heterocycles. The number of thiazole rings is 1. The molecule has 4 aliphatic rings. The van der Waals surface area contributed by atoms with Gasteiger partial charge in [-0.1, -0.05) is 37.1 Å². The van der Waals surface area contributed by atoms with Crippen LogP contribution in [0.3, 0.4) is 0 Å². The van der Waals surface area contributed by atoms with E-state index in [9.17, 15) is 29.1 Å². The molecule has 0 radical (unpaired) electrons. The van der Waals surface area contributed by atoms with Gasteiger partial charge in [-0.3, -0.25) is 14.9 Å². The highest BCUT2D eigenvalue weighted by Crippen LogP contribution is 2.45. The van der Waals surface area contributed by atoms with Gasteiger partial charge in [0.05, 0.1) is 23.9 Å². The zero-order valence-corrected chi connectivity index (χ0v) is 33.3. The first-order valence-corrected chi connectivity index (χ1v) is 20.8. The lowest BCUT2D eigenvalue weighted by atomic mass is 10.0. The van der Waals surface area contributed by atoms with Crippen LogP contribution in [0, 0.1) is 12.8 Å². The highest BCUT2D eigenvalue weighted by molar-refractivity contribution is 7.14. The molecule has 2 aliphatic carbocycles. The number of carboxylic acids is 1. The minimum Gasteiger partial charge on any atom is -0.488 e. The number of rotatable bonds is 8. The number of carboxylic acid groups (broad SMARTS) is 1. The molecule has 304 valence electrons. The van der Waals surface area contributed by atoms with Gasteiger partial charge in [-0.2, -0.15) is 0 Å². The largest absolute Gasteiger partial charge is 0.488 e. The van der Waals surface area contributed by atoms with E-state index < -0.39 is 53.7 Å². The van der Waals surface area contributed by atoms with Crippen molar-refractivity contribution in [3.05, 3.63) is 47.4 Å². The average molecular weight is 803 g/mol. The molecule has 3 aromatic rings. The maximum Gasteiger partial charge on any atom is 0.413 e. The first-order valence-electron chi connectivity index (χ1n) is 19.9. The minimum atomic E-state index is -1.47. The lowest BCUT2D eigenvalue weighted by molar-refractivity contribution is -0.145. The maximum absolute atomic E-state index is 14.6. The molecule has 2 saturated carbocycles. The van der Waals surface area contributed by atoms with Gasteiger partial charge >= 0.3 is 18.2 Å². The summed E-state index contributed by atoms with van der Waals surface area (Å²) in [6.07, 6.45) is 8.54. The Morgan fingerprint density at radius 2 is 1.81 bits per heavy atom. The number of aryl methyl sites for hydroxylation is 1. The number of aliphatic carboxylic acids is 1. The Labute approximate surface area is 334 Å². The quantitative estimate of drug-likeness (QED) is 0.182. The van der Waals surface area contributed by atoms with Crippen LogP contribution in [0.2, 0.25) is 0 Å². The molecule has 4 N–H and O–H groups in total. The number of allylic oxidation sites excluding steroid dienone is 1. The van der Waals surface area contributed by atoms with Crippen LogP contribution >= 0.6 is 11.3 Å². The fraction of sp³-hybridized carbons (Fsp3) is 0.537. The van der Waals surface area contributed by atoms with Gasteiger partial charge in [-0.15, -0.1) is 11.3 Å². The van der Waals surface area contributed by atoms with Crippen molar-refractivity contribution in [2.24, 2.45) is 5.92 Å². The highest BCUT2D eigenvalue weighted by atomic mass is 32.1.